The van der Waals surface area contributed by atoms with E-state index in [1.165, 1.54) is 5.56 Å². The van der Waals surface area contributed by atoms with Crippen molar-refractivity contribution >= 4 is 11.1 Å². The summed E-state index contributed by atoms with van der Waals surface area (Å²) in [5.41, 5.74) is 3.13. The number of hydrogen-bond acceptors (Lipinski definition) is 3. The predicted octanol–water partition coefficient (Wildman–Crippen LogP) is 3.84. The van der Waals surface area contributed by atoms with Gasteiger partial charge in [-0.25, -0.2) is 4.21 Å². The van der Waals surface area contributed by atoms with Crippen LogP contribution in [0.15, 0.2) is 42.5 Å². The van der Waals surface area contributed by atoms with Crippen LogP contribution >= 0.6 is 0 Å². The highest BCUT2D eigenvalue weighted by atomic mass is 32.2. The Morgan fingerprint density at radius 1 is 1.24 bits per heavy atom. The molecule has 0 aromatic heterocycles. The molecule has 1 N–H and O–H groups in total. The van der Waals surface area contributed by atoms with Crippen LogP contribution in [0.4, 0.5) is 0 Å². The van der Waals surface area contributed by atoms with E-state index in [0.717, 1.165) is 11.1 Å². The Balaban J connectivity index is 1.81. The van der Waals surface area contributed by atoms with Gasteiger partial charge in [-0.2, -0.15) is 0 Å². The van der Waals surface area contributed by atoms with Crippen molar-refractivity contribution in [2.75, 3.05) is 12.4 Å². The van der Waals surface area contributed by atoms with Gasteiger partial charge in [-0.15, -0.1) is 5.92 Å². The molecule has 1 aliphatic heterocycles. The molecular weight excluding hydrogens is 336 g/mol. The lowest BCUT2D eigenvalue weighted by molar-refractivity contribution is 0.0911. The van der Waals surface area contributed by atoms with Crippen LogP contribution in [0, 0.1) is 18.8 Å². The Morgan fingerprint density at radius 2 is 2.00 bits per heavy atom. The van der Waals surface area contributed by atoms with Crippen LogP contribution in [0.2, 0.25) is 0 Å². The van der Waals surface area contributed by atoms with Crippen molar-refractivity contribution in [1.82, 2.24) is 0 Å². The van der Waals surface area contributed by atoms with Crippen LogP contribution in [0.5, 0.6) is 11.5 Å². The molecule has 0 bridgehead atoms. The Morgan fingerprint density at radius 3 is 2.68 bits per heavy atom. The van der Waals surface area contributed by atoms with Gasteiger partial charge < -0.3 is 14.0 Å². The fourth-order valence-corrected chi connectivity index (χ4v) is 3.35. The lowest BCUT2D eigenvalue weighted by Crippen LogP contribution is -2.21. The summed E-state index contributed by atoms with van der Waals surface area (Å²) < 4.78 is 32.3. The molecule has 0 aliphatic carbocycles. The third-order valence-electron chi connectivity index (χ3n) is 4.11. The highest BCUT2D eigenvalue weighted by molar-refractivity contribution is 7.79. The molecule has 0 fully saturated rings. The topological polar surface area (TPSA) is 55.8 Å². The third-order valence-corrected chi connectivity index (χ3v) is 4.73. The van der Waals surface area contributed by atoms with E-state index < -0.39 is 11.1 Å². The van der Waals surface area contributed by atoms with Gasteiger partial charge >= 0.3 is 0 Å². The maximum atomic E-state index is 11.2. The summed E-state index contributed by atoms with van der Waals surface area (Å²) in [7, 11) is 0. The quantitative estimate of drug-likeness (QED) is 0.668. The van der Waals surface area contributed by atoms with Gasteiger partial charge in [0, 0.05) is 0 Å². The Labute approximate surface area is 150 Å². The first kappa shape index (κ1) is 17.5. The molecule has 2 aromatic carbocycles. The summed E-state index contributed by atoms with van der Waals surface area (Å²) in [6, 6.07) is 13.8. The molecule has 3 unspecified atom stereocenters. The van der Waals surface area contributed by atoms with Crippen molar-refractivity contribution in [1.29, 1.82) is 0 Å². The SMILES string of the molecule is CC#CC(CS(=O)O)c1ccc2c(c1)OCC(c1ccc(C)cc1)O2. The van der Waals surface area contributed by atoms with Gasteiger partial charge in [-0.3, -0.25) is 0 Å². The van der Waals surface area contributed by atoms with Gasteiger partial charge in [0.25, 0.3) is 0 Å². The summed E-state index contributed by atoms with van der Waals surface area (Å²) in [4.78, 5) is 0. The summed E-state index contributed by atoms with van der Waals surface area (Å²) in [5.74, 6) is 6.89. The minimum absolute atomic E-state index is 0.0759. The van der Waals surface area contributed by atoms with Gasteiger partial charge in [0.05, 0.1) is 11.7 Å². The minimum atomic E-state index is -1.91. The second kappa shape index (κ2) is 7.73. The summed E-state index contributed by atoms with van der Waals surface area (Å²) in [6.07, 6.45) is -0.143. The average Bonchev–Trinajstić information content (AvgIpc) is 2.61. The van der Waals surface area contributed by atoms with Crippen molar-refractivity contribution in [3.63, 3.8) is 0 Å². The molecule has 130 valence electrons. The first-order valence-corrected chi connectivity index (χ1v) is 9.34. The number of fused-ring (bicyclic) bond motifs is 1. The van der Waals surface area contributed by atoms with Crippen molar-refractivity contribution < 1.29 is 18.2 Å². The van der Waals surface area contributed by atoms with E-state index in [2.05, 4.69) is 24.0 Å². The molecule has 3 atom stereocenters. The van der Waals surface area contributed by atoms with Gasteiger partial charge in [0.1, 0.15) is 6.61 Å². The molecule has 3 rings (SSSR count). The molecule has 0 saturated carbocycles. The summed E-state index contributed by atoms with van der Waals surface area (Å²) in [5, 5.41) is 0. The molecule has 4 nitrogen and oxygen atoms in total. The van der Waals surface area contributed by atoms with Crippen LogP contribution in [-0.2, 0) is 11.1 Å². The number of aryl methyl sites for hydroxylation is 1. The third kappa shape index (κ3) is 4.22. The normalized spacial score (nSPS) is 18.0. The van der Waals surface area contributed by atoms with Crippen LogP contribution in [-0.4, -0.2) is 21.1 Å². The van der Waals surface area contributed by atoms with E-state index in [1.54, 1.807) is 6.92 Å². The molecule has 0 spiro atoms. The minimum Gasteiger partial charge on any atom is -0.485 e. The molecule has 0 amide bonds. The van der Waals surface area contributed by atoms with E-state index in [1.807, 2.05) is 37.3 Å². The summed E-state index contributed by atoms with van der Waals surface area (Å²) >= 11 is -1.91. The zero-order valence-corrected chi connectivity index (χ0v) is 15.0. The van der Waals surface area contributed by atoms with Gasteiger partial charge in [0.2, 0.25) is 0 Å². The van der Waals surface area contributed by atoms with Gasteiger partial charge in [0.15, 0.2) is 28.7 Å². The Kier molecular flexibility index (Phi) is 5.42. The first-order valence-electron chi connectivity index (χ1n) is 8.06. The Hall–Kier alpha value is -2.29. The average molecular weight is 356 g/mol. The largest absolute Gasteiger partial charge is 0.485 e. The molecule has 0 saturated heterocycles. The zero-order valence-electron chi connectivity index (χ0n) is 14.2. The molecule has 1 heterocycles. The molecular formula is C20H20O4S. The monoisotopic (exact) mass is 356 g/mol. The maximum absolute atomic E-state index is 11.2. The van der Waals surface area contributed by atoms with E-state index in [4.69, 9.17) is 9.47 Å². The number of benzene rings is 2. The standard InChI is InChI=1S/C20H20O4S/c1-3-4-17(13-25(21)22)16-9-10-18-19(11-16)23-12-20(24-18)15-7-5-14(2)6-8-15/h5-11,17,20H,12-13H2,1-2H3,(H,21,22). The zero-order chi connectivity index (χ0) is 17.8. The fraction of sp³-hybridized carbons (Fsp3) is 0.300. The second-order valence-electron chi connectivity index (χ2n) is 5.97. The first-order chi connectivity index (χ1) is 12.1. The lowest BCUT2D eigenvalue weighted by atomic mass is 10.0. The maximum Gasteiger partial charge on any atom is 0.162 e. The molecule has 1 aliphatic rings. The van der Waals surface area contributed by atoms with E-state index in [0.29, 0.717) is 18.1 Å². The number of ether oxygens (including phenoxy) is 2. The predicted molar refractivity (Wildman–Crippen MR) is 98.3 cm³/mol. The van der Waals surface area contributed by atoms with E-state index >= 15 is 0 Å². The van der Waals surface area contributed by atoms with E-state index in [9.17, 15) is 8.76 Å². The number of hydrogen-bond donors (Lipinski definition) is 1. The van der Waals surface area contributed by atoms with Crippen LogP contribution < -0.4 is 9.47 Å². The second-order valence-corrected chi connectivity index (χ2v) is 6.95. The van der Waals surface area contributed by atoms with E-state index in [-0.39, 0.29) is 17.8 Å². The van der Waals surface area contributed by atoms with Crippen molar-refractivity contribution in [3.8, 4) is 23.3 Å². The van der Waals surface area contributed by atoms with Crippen molar-refractivity contribution in [2.24, 2.45) is 0 Å². The highest BCUT2D eigenvalue weighted by Crippen LogP contribution is 2.38. The van der Waals surface area contributed by atoms with Crippen LogP contribution in [0.1, 0.15) is 35.6 Å². The summed E-state index contributed by atoms with van der Waals surface area (Å²) in [6.45, 7) is 4.20. The van der Waals surface area contributed by atoms with Crippen LogP contribution in [0.3, 0.4) is 0 Å². The van der Waals surface area contributed by atoms with Crippen LogP contribution in [0.25, 0.3) is 0 Å². The molecule has 2 aromatic rings. The highest BCUT2D eigenvalue weighted by Gasteiger charge is 2.24. The molecule has 5 heteroatoms. The van der Waals surface area contributed by atoms with Crippen molar-refractivity contribution in [3.05, 3.63) is 59.2 Å². The van der Waals surface area contributed by atoms with Crippen molar-refractivity contribution in [2.45, 2.75) is 25.9 Å². The molecule has 0 radical (unpaired) electrons. The fourth-order valence-electron chi connectivity index (χ4n) is 2.79. The molecule has 25 heavy (non-hydrogen) atoms. The lowest BCUT2D eigenvalue weighted by Gasteiger charge is -2.27. The number of rotatable bonds is 4. The Bertz CT molecular complexity index is 833. The smallest absolute Gasteiger partial charge is 0.162 e. The van der Waals surface area contributed by atoms with Gasteiger partial charge in [-0.05, 0) is 37.1 Å². The van der Waals surface area contributed by atoms with Gasteiger partial charge in [-0.1, -0.05) is 41.8 Å².